The summed E-state index contributed by atoms with van der Waals surface area (Å²) in [5.74, 6) is -0.576. The lowest BCUT2D eigenvalue weighted by molar-refractivity contribution is -0.130. The average molecular weight is 434 g/mol. The Morgan fingerprint density at radius 1 is 0.938 bits per heavy atom. The van der Waals surface area contributed by atoms with E-state index in [1.165, 1.54) is 0 Å². The van der Waals surface area contributed by atoms with Crippen molar-refractivity contribution in [2.45, 2.75) is 44.3 Å². The second kappa shape index (κ2) is 11.9. The lowest BCUT2D eigenvalue weighted by Crippen LogP contribution is -2.51. The van der Waals surface area contributed by atoms with E-state index in [1.54, 1.807) is 6.20 Å². The molecule has 2 atom stereocenters. The predicted molar refractivity (Wildman–Crippen MR) is 127 cm³/mol. The Bertz CT molecular complexity index is 1030. The highest BCUT2D eigenvalue weighted by atomic mass is 16.2. The highest BCUT2D eigenvalue weighted by Gasteiger charge is 2.23. The van der Waals surface area contributed by atoms with Crippen molar-refractivity contribution < 1.29 is 9.59 Å². The fraction of sp³-hybridized carbons (Fsp3) is 0.320. The van der Waals surface area contributed by atoms with Gasteiger partial charge in [0.1, 0.15) is 6.04 Å². The highest BCUT2D eigenvalue weighted by molar-refractivity contribution is 5.89. The molecule has 7 nitrogen and oxygen atoms in total. The van der Waals surface area contributed by atoms with Gasteiger partial charge in [-0.3, -0.25) is 14.6 Å². The molecule has 0 radical (unpaired) electrons. The van der Waals surface area contributed by atoms with Crippen molar-refractivity contribution in [1.29, 1.82) is 0 Å². The van der Waals surface area contributed by atoms with Crippen molar-refractivity contribution in [3.05, 3.63) is 78.0 Å². The van der Waals surface area contributed by atoms with Gasteiger partial charge < -0.3 is 22.1 Å². The minimum absolute atomic E-state index is 0.242. The molecular formula is C25H31N5O2. The molecule has 0 saturated heterocycles. The number of para-hydroxylation sites is 1. The van der Waals surface area contributed by atoms with Gasteiger partial charge in [-0.2, -0.15) is 0 Å². The molecule has 2 aromatic carbocycles. The molecule has 0 aliphatic carbocycles. The second-order valence-electron chi connectivity index (χ2n) is 7.88. The summed E-state index contributed by atoms with van der Waals surface area (Å²) < 4.78 is 0. The molecule has 3 aromatic rings. The summed E-state index contributed by atoms with van der Waals surface area (Å²) in [6.45, 7) is 0.798. The van der Waals surface area contributed by atoms with Crippen LogP contribution in [0.4, 0.5) is 0 Å². The first-order valence-electron chi connectivity index (χ1n) is 11.0. The first kappa shape index (κ1) is 23.4. The number of aromatic nitrogens is 1. The molecule has 7 heteroatoms. The number of hydrogen-bond acceptors (Lipinski definition) is 5. The van der Waals surface area contributed by atoms with Crippen LogP contribution in [0.2, 0.25) is 0 Å². The molecule has 0 aliphatic rings. The predicted octanol–water partition coefficient (Wildman–Crippen LogP) is 2.03. The number of aryl methyl sites for hydroxylation is 1. The number of carbonyl (C=O) groups is 2. The summed E-state index contributed by atoms with van der Waals surface area (Å²) in [6, 6.07) is 18.3. The van der Waals surface area contributed by atoms with E-state index in [9.17, 15) is 9.59 Å². The Labute approximate surface area is 188 Å². The number of nitrogens with zero attached hydrogens (tertiary/aromatic N) is 1. The summed E-state index contributed by atoms with van der Waals surface area (Å²) in [4.78, 5) is 29.9. The molecule has 6 N–H and O–H groups in total. The Kier molecular flexibility index (Phi) is 8.71. The van der Waals surface area contributed by atoms with Crippen LogP contribution < -0.4 is 22.1 Å². The van der Waals surface area contributed by atoms with E-state index in [4.69, 9.17) is 11.5 Å². The van der Waals surface area contributed by atoms with Crippen molar-refractivity contribution in [2.75, 3.05) is 6.54 Å². The van der Waals surface area contributed by atoms with Gasteiger partial charge >= 0.3 is 0 Å². The van der Waals surface area contributed by atoms with Crippen molar-refractivity contribution in [2.24, 2.45) is 11.5 Å². The van der Waals surface area contributed by atoms with E-state index in [0.717, 1.165) is 22.0 Å². The molecule has 1 heterocycles. The van der Waals surface area contributed by atoms with Crippen LogP contribution in [-0.4, -0.2) is 35.4 Å². The summed E-state index contributed by atoms with van der Waals surface area (Å²) >= 11 is 0. The number of benzene rings is 2. The second-order valence-corrected chi connectivity index (χ2v) is 7.88. The van der Waals surface area contributed by atoms with Gasteiger partial charge in [0.2, 0.25) is 11.8 Å². The maximum atomic E-state index is 13.0. The normalized spacial score (nSPS) is 12.8. The SMILES string of the molecule is NCCC[C@@H](N)C(=O)N[C@H](CCc1ccccc1)C(=O)NCc1cnc2ccccc2c1. The van der Waals surface area contributed by atoms with Crippen LogP contribution in [-0.2, 0) is 22.6 Å². The van der Waals surface area contributed by atoms with Crippen LogP contribution >= 0.6 is 0 Å². The summed E-state index contributed by atoms with van der Waals surface area (Å²) in [6.07, 6.45) is 4.03. The molecule has 0 aliphatic heterocycles. The minimum atomic E-state index is -0.685. The lowest BCUT2D eigenvalue weighted by atomic mass is 10.0. The molecule has 3 rings (SSSR count). The zero-order chi connectivity index (χ0) is 22.8. The third-order valence-corrected chi connectivity index (χ3v) is 5.37. The van der Waals surface area contributed by atoms with Crippen LogP contribution in [0.1, 0.15) is 30.4 Å². The molecule has 0 unspecified atom stereocenters. The number of rotatable bonds is 11. The summed E-state index contributed by atoms with van der Waals surface area (Å²) in [5, 5.41) is 6.78. The third kappa shape index (κ3) is 6.87. The first-order chi connectivity index (χ1) is 15.6. The third-order valence-electron chi connectivity index (χ3n) is 5.37. The maximum Gasteiger partial charge on any atom is 0.242 e. The van der Waals surface area contributed by atoms with Gasteiger partial charge in [0.05, 0.1) is 11.6 Å². The van der Waals surface area contributed by atoms with Crippen LogP contribution in [0.15, 0.2) is 66.9 Å². The molecule has 0 fully saturated rings. The van der Waals surface area contributed by atoms with Crippen LogP contribution in [0.3, 0.4) is 0 Å². The van der Waals surface area contributed by atoms with Gasteiger partial charge in [-0.05, 0) is 55.5 Å². The number of pyridine rings is 1. The molecule has 2 amide bonds. The number of carbonyl (C=O) groups excluding carboxylic acids is 2. The van der Waals surface area contributed by atoms with E-state index >= 15 is 0 Å². The molecule has 0 spiro atoms. The van der Waals surface area contributed by atoms with Crippen molar-refractivity contribution >= 4 is 22.7 Å². The average Bonchev–Trinajstić information content (AvgIpc) is 2.83. The van der Waals surface area contributed by atoms with Gasteiger partial charge in [-0.25, -0.2) is 0 Å². The van der Waals surface area contributed by atoms with Gasteiger partial charge in [-0.15, -0.1) is 0 Å². The topological polar surface area (TPSA) is 123 Å². The molecule has 32 heavy (non-hydrogen) atoms. The molecular weight excluding hydrogens is 402 g/mol. The number of fused-ring (bicyclic) bond motifs is 1. The fourth-order valence-corrected chi connectivity index (χ4v) is 3.50. The van der Waals surface area contributed by atoms with Crippen molar-refractivity contribution in [3.8, 4) is 0 Å². The van der Waals surface area contributed by atoms with Gasteiger partial charge in [0, 0.05) is 18.1 Å². The number of amides is 2. The van der Waals surface area contributed by atoms with Crippen LogP contribution in [0.25, 0.3) is 10.9 Å². The van der Waals surface area contributed by atoms with E-state index < -0.39 is 12.1 Å². The van der Waals surface area contributed by atoms with Crippen LogP contribution in [0, 0.1) is 0 Å². The standard InChI is InChI=1S/C25H31N5O2/c26-14-6-10-21(27)24(31)30-23(13-12-18-7-2-1-3-8-18)25(32)29-17-19-15-20-9-4-5-11-22(20)28-16-19/h1-5,7-9,11,15-16,21,23H,6,10,12-14,17,26-27H2,(H,29,32)(H,30,31)/t21-,23-/m1/s1. The molecule has 168 valence electrons. The van der Waals surface area contributed by atoms with Crippen molar-refractivity contribution in [1.82, 2.24) is 15.6 Å². The molecule has 0 bridgehead atoms. The smallest absolute Gasteiger partial charge is 0.242 e. The van der Waals surface area contributed by atoms with Crippen LogP contribution in [0.5, 0.6) is 0 Å². The largest absolute Gasteiger partial charge is 0.350 e. The Morgan fingerprint density at radius 2 is 1.69 bits per heavy atom. The lowest BCUT2D eigenvalue weighted by Gasteiger charge is -2.21. The highest BCUT2D eigenvalue weighted by Crippen LogP contribution is 2.13. The first-order valence-corrected chi connectivity index (χ1v) is 11.0. The molecule has 0 saturated carbocycles. The fourth-order valence-electron chi connectivity index (χ4n) is 3.50. The zero-order valence-corrected chi connectivity index (χ0v) is 18.2. The number of nitrogens with one attached hydrogen (secondary N) is 2. The number of hydrogen-bond donors (Lipinski definition) is 4. The maximum absolute atomic E-state index is 13.0. The monoisotopic (exact) mass is 433 g/mol. The zero-order valence-electron chi connectivity index (χ0n) is 18.2. The Balaban J connectivity index is 1.64. The van der Waals surface area contributed by atoms with Crippen molar-refractivity contribution in [3.63, 3.8) is 0 Å². The number of nitrogens with two attached hydrogens (primary N) is 2. The Morgan fingerprint density at radius 3 is 2.47 bits per heavy atom. The summed E-state index contributed by atoms with van der Waals surface area (Å²) in [5.41, 5.74) is 14.4. The summed E-state index contributed by atoms with van der Waals surface area (Å²) in [7, 11) is 0. The van der Waals surface area contributed by atoms with Gasteiger partial charge in [0.15, 0.2) is 0 Å². The molecule has 1 aromatic heterocycles. The van der Waals surface area contributed by atoms with E-state index in [0.29, 0.717) is 38.8 Å². The minimum Gasteiger partial charge on any atom is -0.350 e. The quantitative estimate of drug-likeness (QED) is 0.368. The van der Waals surface area contributed by atoms with Gasteiger partial charge in [0.25, 0.3) is 0 Å². The van der Waals surface area contributed by atoms with E-state index in [-0.39, 0.29) is 11.8 Å². The van der Waals surface area contributed by atoms with E-state index in [1.807, 2.05) is 60.7 Å². The Hall–Kier alpha value is -3.29. The van der Waals surface area contributed by atoms with E-state index in [2.05, 4.69) is 15.6 Å². The van der Waals surface area contributed by atoms with Gasteiger partial charge in [-0.1, -0.05) is 48.5 Å².